The molecule has 1 aromatic carbocycles. The predicted molar refractivity (Wildman–Crippen MR) is 81.3 cm³/mol. The van der Waals surface area contributed by atoms with Crippen molar-refractivity contribution in [3.63, 3.8) is 0 Å². The van der Waals surface area contributed by atoms with Gasteiger partial charge in [-0.2, -0.15) is 12.6 Å². The van der Waals surface area contributed by atoms with Crippen LogP contribution in [0.2, 0.25) is 0 Å². The van der Waals surface area contributed by atoms with Gasteiger partial charge in [0.25, 0.3) is 0 Å². The summed E-state index contributed by atoms with van der Waals surface area (Å²) in [6.07, 6.45) is 0. The van der Waals surface area contributed by atoms with Crippen molar-refractivity contribution >= 4 is 50.9 Å². The number of hydrogen-bond donors (Lipinski definition) is 2. The van der Waals surface area contributed by atoms with E-state index in [0.717, 1.165) is 38.7 Å². The Kier molecular flexibility index (Phi) is 3.25. The first kappa shape index (κ1) is 12.3. The van der Waals surface area contributed by atoms with Gasteiger partial charge in [0.1, 0.15) is 10.5 Å². The molecule has 0 saturated carbocycles. The van der Waals surface area contributed by atoms with Crippen molar-refractivity contribution in [2.24, 2.45) is 0 Å². The first-order chi connectivity index (χ1) is 8.70. The maximum Gasteiger partial charge on any atom is 0.351 e. The molecule has 6 heteroatoms. The van der Waals surface area contributed by atoms with E-state index in [4.69, 9.17) is 4.42 Å². The molecule has 1 N–H and O–H groups in total. The second kappa shape index (κ2) is 4.75. The molecule has 0 saturated heterocycles. The zero-order chi connectivity index (χ0) is 12.7. The standard InChI is InChI=1S/C12H11NO2S3/c1-6-10-8-4-7(13-2-3-16)5-9(10)17-18-11(6)12(14)15-8/h4-5,13,16H,2-3H2,1H3. The maximum absolute atomic E-state index is 11.8. The van der Waals surface area contributed by atoms with Crippen molar-refractivity contribution in [3.8, 4) is 0 Å². The van der Waals surface area contributed by atoms with Crippen molar-refractivity contribution in [1.82, 2.24) is 0 Å². The van der Waals surface area contributed by atoms with Gasteiger partial charge in [-0.1, -0.05) is 10.8 Å². The summed E-state index contributed by atoms with van der Waals surface area (Å²) in [5, 5.41) is 4.32. The molecule has 3 nitrogen and oxygen atoms in total. The highest BCUT2D eigenvalue weighted by Gasteiger charge is 2.21. The Hall–Kier alpha value is -0.720. The highest BCUT2D eigenvalue weighted by molar-refractivity contribution is 8.76. The van der Waals surface area contributed by atoms with Crippen LogP contribution >= 0.6 is 34.2 Å². The Labute approximate surface area is 118 Å². The highest BCUT2D eigenvalue weighted by Crippen LogP contribution is 2.48. The van der Waals surface area contributed by atoms with Gasteiger partial charge in [0.15, 0.2) is 0 Å². The summed E-state index contributed by atoms with van der Waals surface area (Å²) in [5.74, 6) is 0.761. The minimum atomic E-state index is -0.241. The van der Waals surface area contributed by atoms with Crippen LogP contribution in [0, 0.1) is 6.92 Å². The van der Waals surface area contributed by atoms with Crippen LogP contribution < -0.4 is 10.9 Å². The third-order valence-electron chi connectivity index (χ3n) is 2.83. The number of nitrogens with one attached hydrogen (secondary N) is 1. The lowest BCUT2D eigenvalue weighted by atomic mass is 10.1. The quantitative estimate of drug-likeness (QED) is 0.515. The molecule has 1 aliphatic rings. The largest absolute Gasteiger partial charge is 0.422 e. The Bertz CT molecular complexity index is 681. The fourth-order valence-corrected chi connectivity index (χ4v) is 4.63. The van der Waals surface area contributed by atoms with Crippen LogP contribution in [0.3, 0.4) is 0 Å². The summed E-state index contributed by atoms with van der Waals surface area (Å²) in [6, 6.07) is 3.98. The lowest BCUT2D eigenvalue weighted by Crippen LogP contribution is -2.08. The van der Waals surface area contributed by atoms with Gasteiger partial charge in [-0.3, -0.25) is 0 Å². The van der Waals surface area contributed by atoms with Gasteiger partial charge in [0, 0.05) is 34.3 Å². The molecule has 0 aliphatic carbocycles. The Morgan fingerprint density at radius 2 is 2.22 bits per heavy atom. The van der Waals surface area contributed by atoms with E-state index < -0.39 is 0 Å². The Morgan fingerprint density at radius 1 is 1.39 bits per heavy atom. The molecule has 0 amide bonds. The van der Waals surface area contributed by atoms with E-state index >= 15 is 0 Å². The topological polar surface area (TPSA) is 42.2 Å². The molecule has 94 valence electrons. The van der Waals surface area contributed by atoms with E-state index in [0.29, 0.717) is 5.58 Å². The molecule has 1 aliphatic heterocycles. The van der Waals surface area contributed by atoms with Crippen LogP contribution in [0.15, 0.2) is 31.1 Å². The smallest absolute Gasteiger partial charge is 0.351 e. The molecule has 2 aromatic rings. The Morgan fingerprint density at radius 3 is 3.00 bits per heavy atom. The molecule has 1 aromatic heterocycles. The van der Waals surface area contributed by atoms with Crippen LogP contribution in [0.5, 0.6) is 0 Å². The average Bonchev–Trinajstić information content (AvgIpc) is 2.35. The van der Waals surface area contributed by atoms with E-state index in [1.54, 1.807) is 10.8 Å². The third kappa shape index (κ3) is 1.92. The van der Waals surface area contributed by atoms with Gasteiger partial charge >= 0.3 is 5.63 Å². The summed E-state index contributed by atoms with van der Waals surface area (Å²) < 4.78 is 5.38. The van der Waals surface area contributed by atoms with Gasteiger partial charge < -0.3 is 9.73 Å². The fraction of sp³-hybridized carbons (Fsp3) is 0.250. The summed E-state index contributed by atoms with van der Waals surface area (Å²) in [4.78, 5) is 13.7. The molecule has 3 rings (SSSR count). The van der Waals surface area contributed by atoms with Crippen molar-refractivity contribution in [1.29, 1.82) is 0 Å². The van der Waals surface area contributed by atoms with Crippen molar-refractivity contribution in [2.45, 2.75) is 16.7 Å². The van der Waals surface area contributed by atoms with E-state index in [2.05, 4.69) is 24.0 Å². The number of thiol groups is 1. The average molecular weight is 297 g/mol. The second-order valence-corrected chi connectivity index (χ2v) is 6.64. The summed E-state index contributed by atoms with van der Waals surface area (Å²) >= 11 is 4.17. The third-order valence-corrected chi connectivity index (χ3v) is 5.56. The molecular formula is C12H11NO2S3. The zero-order valence-electron chi connectivity index (χ0n) is 9.65. The molecule has 0 fully saturated rings. The molecule has 0 spiro atoms. The van der Waals surface area contributed by atoms with E-state index in [1.165, 1.54) is 10.8 Å². The SMILES string of the molecule is Cc1c2c(=O)oc3cc(NCCS)cc(c13)SS2. The molecular weight excluding hydrogens is 286 g/mol. The number of benzene rings is 1. The molecule has 18 heavy (non-hydrogen) atoms. The van der Waals surface area contributed by atoms with Crippen LogP contribution in [0.1, 0.15) is 5.56 Å². The monoisotopic (exact) mass is 297 g/mol. The number of anilines is 1. The number of rotatable bonds is 3. The molecule has 2 heterocycles. The van der Waals surface area contributed by atoms with Gasteiger partial charge in [-0.25, -0.2) is 4.79 Å². The zero-order valence-corrected chi connectivity index (χ0v) is 12.2. The van der Waals surface area contributed by atoms with Crippen LogP contribution in [-0.4, -0.2) is 12.3 Å². The molecule has 0 atom stereocenters. The van der Waals surface area contributed by atoms with Gasteiger partial charge in [0.2, 0.25) is 0 Å². The highest BCUT2D eigenvalue weighted by atomic mass is 33.1. The lowest BCUT2D eigenvalue weighted by molar-refractivity contribution is 0.541. The van der Waals surface area contributed by atoms with Crippen molar-refractivity contribution in [2.75, 3.05) is 17.6 Å². The first-order valence-corrected chi connectivity index (χ1v) is 8.29. The van der Waals surface area contributed by atoms with E-state index in [9.17, 15) is 4.79 Å². The van der Waals surface area contributed by atoms with Crippen LogP contribution in [-0.2, 0) is 0 Å². The normalized spacial score (nSPS) is 13.2. The Balaban J connectivity index is 2.24. The fourth-order valence-electron chi connectivity index (χ4n) is 2.00. The lowest BCUT2D eigenvalue weighted by Gasteiger charge is -2.17. The first-order valence-electron chi connectivity index (χ1n) is 5.51. The van der Waals surface area contributed by atoms with Gasteiger partial charge in [-0.05, 0) is 29.3 Å². The molecule has 0 unspecified atom stereocenters. The second-order valence-electron chi connectivity index (χ2n) is 4.01. The molecule has 0 radical (unpaired) electrons. The minimum Gasteiger partial charge on any atom is -0.422 e. The van der Waals surface area contributed by atoms with Crippen molar-refractivity contribution < 1.29 is 4.42 Å². The minimum absolute atomic E-state index is 0.241. The summed E-state index contributed by atoms with van der Waals surface area (Å²) in [7, 11) is 3.09. The predicted octanol–water partition coefficient (Wildman–Crippen LogP) is 3.56. The van der Waals surface area contributed by atoms with Crippen LogP contribution in [0.25, 0.3) is 11.0 Å². The van der Waals surface area contributed by atoms with Crippen molar-refractivity contribution in [3.05, 3.63) is 28.1 Å². The number of hydrogen-bond acceptors (Lipinski definition) is 6. The summed E-state index contributed by atoms with van der Waals surface area (Å²) in [5.41, 5.74) is 2.42. The van der Waals surface area contributed by atoms with E-state index in [-0.39, 0.29) is 5.63 Å². The van der Waals surface area contributed by atoms with Gasteiger partial charge in [0.05, 0.1) is 0 Å². The molecule has 2 bridgehead atoms. The van der Waals surface area contributed by atoms with Gasteiger partial charge in [-0.15, -0.1) is 0 Å². The number of aryl methyl sites for hydroxylation is 1. The number of fused-ring (bicyclic) bond motifs is 1. The van der Waals surface area contributed by atoms with E-state index in [1.807, 2.05) is 13.0 Å². The maximum atomic E-state index is 11.8. The van der Waals surface area contributed by atoms with Crippen LogP contribution in [0.4, 0.5) is 5.69 Å². The summed E-state index contributed by atoms with van der Waals surface area (Å²) in [6.45, 7) is 2.76.